The van der Waals surface area contributed by atoms with Gasteiger partial charge in [-0.25, -0.2) is 4.79 Å². The fourth-order valence-electron chi connectivity index (χ4n) is 2.06. The van der Waals surface area contributed by atoms with Gasteiger partial charge in [-0.2, -0.15) is 0 Å². The van der Waals surface area contributed by atoms with Crippen molar-refractivity contribution in [3.05, 3.63) is 40.2 Å². The van der Waals surface area contributed by atoms with Gasteiger partial charge in [-0.3, -0.25) is 15.6 Å². The number of nitrogens with one attached hydrogen (secondary N) is 3. The smallest absolute Gasteiger partial charge is 0.336 e. The molecular weight excluding hydrogens is 330 g/mol. The molecule has 2 aromatic rings. The van der Waals surface area contributed by atoms with Crippen molar-refractivity contribution in [1.29, 1.82) is 0 Å². The van der Waals surface area contributed by atoms with Crippen LogP contribution in [-0.2, 0) is 4.79 Å². The van der Waals surface area contributed by atoms with Crippen LogP contribution in [-0.4, -0.2) is 23.7 Å². The number of hydrazine groups is 1. The van der Waals surface area contributed by atoms with E-state index < -0.39 is 11.7 Å². The van der Waals surface area contributed by atoms with Crippen molar-refractivity contribution in [2.45, 2.75) is 26.9 Å². The summed E-state index contributed by atoms with van der Waals surface area (Å²) in [6.45, 7) is 5.97. The van der Waals surface area contributed by atoms with Crippen LogP contribution in [0.15, 0.2) is 33.5 Å². The van der Waals surface area contributed by atoms with E-state index in [1.54, 1.807) is 25.1 Å². The van der Waals surface area contributed by atoms with Crippen LogP contribution in [0.5, 0.6) is 5.75 Å². The zero-order valence-corrected chi connectivity index (χ0v) is 14.5. The van der Waals surface area contributed by atoms with Crippen molar-refractivity contribution in [3.63, 3.8) is 0 Å². The number of hydrogen-bond donors (Lipinski definition) is 3. The first-order valence-corrected chi connectivity index (χ1v) is 7.86. The quantitative estimate of drug-likeness (QED) is 0.436. The second-order valence-corrected chi connectivity index (χ2v) is 5.55. The van der Waals surface area contributed by atoms with Crippen molar-refractivity contribution in [2.75, 3.05) is 6.54 Å². The van der Waals surface area contributed by atoms with Crippen LogP contribution < -0.4 is 26.5 Å². The third kappa shape index (κ3) is 4.45. The Hall–Kier alpha value is -2.61. The van der Waals surface area contributed by atoms with Crippen molar-refractivity contribution in [2.24, 2.45) is 0 Å². The van der Waals surface area contributed by atoms with Gasteiger partial charge in [0.2, 0.25) is 0 Å². The molecular formula is C16H19N3O4S. The summed E-state index contributed by atoms with van der Waals surface area (Å²) in [6.07, 6.45) is -0.768. The maximum atomic E-state index is 12.0. The lowest BCUT2D eigenvalue weighted by atomic mass is 10.1. The van der Waals surface area contributed by atoms with Crippen LogP contribution in [0.2, 0.25) is 0 Å². The molecule has 0 saturated heterocycles. The van der Waals surface area contributed by atoms with E-state index in [0.29, 0.717) is 23.0 Å². The third-order valence-corrected chi connectivity index (χ3v) is 3.49. The highest BCUT2D eigenvalue weighted by atomic mass is 32.1. The van der Waals surface area contributed by atoms with Crippen LogP contribution in [0, 0.1) is 6.92 Å². The maximum absolute atomic E-state index is 12.0. The molecule has 0 aliphatic heterocycles. The third-order valence-electron chi connectivity index (χ3n) is 3.24. The molecule has 1 aromatic carbocycles. The fourth-order valence-corrected chi connectivity index (χ4v) is 2.26. The number of aryl methyl sites for hydroxylation is 1. The lowest BCUT2D eigenvalue weighted by molar-refractivity contribution is -0.127. The summed E-state index contributed by atoms with van der Waals surface area (Å²) in [5, 5.41) is 3.98. The van der Waals surface area contributed by atoms with E-state index in [9.17, 15) is 9.59 Å². The molecule has 7 nitrogen and oxygen atoms in total. The minimum atomic E-state index is -0.768. The normalized spacial score (nSPS) is 11.6. The molecule has 0 bridgehead atoms. The number of carbonyl (C=O) groups excluding carboxylic acids is 1. The topological polar surface area (TPSA) is 92.6 Å². The number of hydrogen-bond acceptors (Lipinski definition) is 5. The Morgan fingerprint density at radius 3 is 2.79 bits per heavy atom. The zero-order valence-electron chi connectivity index (χ0n) is 13.6. The van der Waals surface area contributed by atoms with Gasteiger partial charge in [-0.1, -0.05) is 0 Å². The highest BCUT2D eigenvalue weighted by Gasteiger charge is 2.15. The summed E-state index contributed by atoms with van der Waals surface area (Å²) in [5.74, 6) is 0.0363. The minimum absolute atomic E-state index is 0.320. The van der Waals surface area contributed by atoms with E-state index in [2.05, 4.69) is 16.2 Å². The number of amides is 1. The maximum Gasteiger partial charge on any atom is 0.336 e. The number of benzene rings is 1. The van der Waals surface area contributed by atoms with Crippen LogP contribution in [0.1, 0.15) is 19.4 Å². The average Bonchev–Trinajstić information content (AvgIpc) is 2.52. The summed E-state index contributed by atoms with van der Waals surface area (Å²) < 4.78 is 10.7. The Bertz CT molecular complexity index is 819. The highest BCUT2D eigenvalue weighted by Crippen LogP contribution is 2.22. The molecule has 128 valence electrons. The van der Waals surface area contributed by atoms with E-state index in [4.69, 9.17) is 21.4 Å². The lowest BCUT2D eigenvalue weighted by Gasteiger charge is -2.16. The first-order valence-electron chi connectivity index (χ1n) is 7.45. The van der Waals surface area contributed by atoms with Gasteiger partial charge in [-0.15, -0.1) is 0 Å². The number of rotatable bonds is 4. The van der Waals surface area contributed by atoms with Crippen molar-refractivity contribution >= 4 is 34.2 Å². The largest absolute Gasteiger partial charge is 0.481 e. The number of ether oxygens (including phenoxy) is 1. The molecule has 0 aliphatic rings. The van der Waals surface area contributed by atoms with E-state index in [-0.39, 0.29) is 5.91 Å². The Kier molecular flexibility index (Phi) is 5.75. The SMILES string of the molecule is CCNC(=S)NNC(=O)[C@H](C)Oc1ccc2c(C)cc(=O)oc2c1. The van der Waals surface area contributed by atoms with Crippen molar-refractivity contribution in [3.8, 4) is 5.75 Å². The first-order chi connectivity index (χ1) is 11.4. The molecule has 3 N–H and O–H groups in total. The van der Waals surface area contributed by atoms with E-state index >= 15 is 0 Å². The molecule has 1 aromatic heterocycles. The molecule has 0 aliphatic carbocycles. The monoisotopic (exact) mass is 349 g/mol. The van der Waals surface area contributed by atoms with E-state index in [1.807, 2.05) is 13.8 Å². The van der Waals surface area contributed by atoms with Crippen LogP contribution >= 0.6 is 12.2 Å². The second-order valence-electron chi connectivity index (χ2n) is 5.14. The Morgan fingerprint density at radius 2 is 2.08 bits per heavy atom. The fraction of sp³-hybridized carbons (Fsp3) is 0.312. The average molecular weight is 349 g/mol. The summed E-state index contributed by atoms with van der Waals surface area (Å²) in [6, 6.07) is 6.52. The lowest BCUT2D eigenvalue weighted by Crippen LogP contribution is -2.50. The molecule has 2 rings (SSSR count). The molecule has 1 heterocycles. The molecule has 8 heteroatoms. The molecule has 0 unspecified atom stereocenters. The summed E-state index contributed by atoms with van der Waals surface area (Å²) in [7, 11) is 0. The molecule has 0 radical (unpaired) electrons. The number of carbonyl (C=O) groups is 1. The standard InChI is InChI=1S/C16H19N3O4S/c1-4-17-16(24)19-18-15(21)10(3)22-11-5-6-12-9(2)7-14(20)23-13(12)8-11/h5-8,10H,4H2,1-3H3,(H,18,21)(H2,17,19,24)/t10-/m0/s1. The van der Waals surface area contributed by atoms with E-state index in [1.165, 1.54) is 6.07 Å². The van der Waals surface area contributed by atoms with Gasteiger partial charge in [0, 0.05) is 24.1 Å². The van der Waals surface area contributed by atoms with Gasteiger partial charge in [-0.05, 0) is 50.7 Å². The molecule has 1 amide bonds. The number of fused-ring (bicyclic) bond motifs is 1. The summed E-state index contributed by atoms with van der Waals surface area (Å²) in [4.78, 5) is 23.4. The van der Waals surface area contributed by atoms with Crippen LogP contribution in [0.25, 0.3) is 11.0 Å². The predicted octanol–water partition coefficient (Wildman–Crippen LogP) is 1.38. The van der Waals surface area contributed by atoms with Gasteiger partial charge >= 0.3 is 5.63 Å². The first kappa shape index (κ1) is 17.7. The Labute approximate surface area is 144 Å². The summed E-state index contributed by atoms with van der Waals surface area (Å²) >= 11 is 4.95. The van der Waals surface area contributed by atoms with Gasteiger partial charge in [0.05, 0.1) is 0 Å². The molecule has 0 fully saturated rings. The number of thiocarbonyl (C=S) groups is 1. The van der Waals surface area contributed by atoms with Crippen LogP contribution in [0.4, 0.5) is 0 Å². The molecule has 24 heavy (non-hydrogen) atoms. The molecule has 1 atom stereocenters. The zero-order chi connectivity index (χ0) is 17.7. The van der Waals surface area contributed by atoms with Crippen molar-refractivity contribution in [1.82, 2.24) is 16.2 Å². The minimum Gasteiger partial charge on any atom is -0.481 e. The highest BCUT2D eigenvalue weighted by molar-refractivity contribution is 7.80. The van der Waals surface area contributed by atoms with E-state index in [0.717, 1.165) is 10.9 Å². The van der Waals surface area contributed by atoms with Gasteiger partial charge < -0.3 is 14.5 Å². The van der Waals surface area contributed by atoms with Gasteiger partial charge in [0.15, 0.2) is 11.2 Å². The van der Waals surface area contributed by atoms with Gasteiger partial charge in [0.1, 0.15) is 11.3 Å². The predicted molar refractivity (Wildman–Crippen MR) is 94.9 cm³/mol. The second kappa shape index (κ2) is 7.78. The van der Waals surface area contributed by atoms with Crippen LogP contribution in [0.3, 0.4) is 0 Å². The molecule has 0 saturated carbocycles. The molecule has 0 spiro atoms. The van der Waals surface area contributed by atoms with Gasteiger partial charge in [0.25, 0.3) is 5.91 Å². The summed E-state index contributed by atoms with van der Waals surface area (Å²) in [5.41, 5.74) is 5.83. The Morgan fingerprint density at radius 1 is 1.33 bits per heavy atom. The Balaban J connectivity index is 2.04. The van der Waals surface area contributed by atoms with Crippen molar-refractivity contribution < 1.29 is 13.9 Å².